The molecule has 1 aromatic rings. The van der Waals surface area contributed by atoms with Crippen molar-refractivity contribution in [1.29, 1.82) is 0 Å². The van der Waals surface area contributed by atoms with E-state index in [1.165, 1.54) is 19.3 Å². The largest absolute Gasteiger partial charge is 0.493 e. The van der Waals surface area contributed by atoms with Crippen molar-refractivity contribution < 1.29 is 14.3 Å². The van der Waals surface area contributed by atoms with E-state index in [0.29, 0.717) is 40.7 Å². The van der Waals surface area contributed by atoms with Gasteiger partial charge in [0.05, 0.1) is 13.7 Å². The van der Waals surface area contributed by atoms with Crippen LogP contribution < -0.4 is 25.6 Å². The lowest BCUT2D eigenvalue weighted by atomic mass is 9.86. The van der Waals surface area contributed by atoms with Crippen LogP contribution in [0.3, 0.4) is 0 Å². The minimum Gasteiger partial charge on any atom is -0.493 e. The molecule has 1 aliphatic carbocycles. The van der Waals surface area contributed by atoms with E-state index in [-0.39, 0.29) is 5.91 Å². The van der Waals surface area contributed by atoms with Crippen LogP contribution in [0.15, 0.2) is 18.2 Å². The molecule has 0 aliphatic heterocycles. The molecule has 0 radical (unpaired) electrons. The van der Waals surface area contributed by atoms with Crippen molar-refractivity contribution in [2.24, 2.45) is 5.92 Å². The summed E-state index contributed by atoms with van der Waals surface area (Å²) in [5, 5.41) is 3.73. The Kier molecular flexibility index (Phi) is 7.97. The maximum atomic E-state index is 12.3. The molecule has 2 atom stereocenters. The molecule has 1 amide bonds. The van der Waals surface area contributed by atoms with Crippen LogP contribution >= 0.6 is 12.2 Å². The van der Waals surface area contributed by atoms with Gasteiger partial charge < -0.3 is 14.8 Å². The van der Waals surface area contributed by atoms with E-state index in [0.717, 1.165) is 12.8 Å². The van der Waals surface area contributed by atoms with Crippen molar-refractivity contribution in [3.8, 4) is 11.5 Å². The van der Waals surface area contributed by atoms with E-state index in [2.05, 4.69) is 23.1 Å². The van der Waals surface area contributed by atoms with Gasteiger partial charge in [-0.05, 0) is 55.6 Å². The topological polar surface area (TPSA) is 71.6 Å². The zero-order chi connectivity index (χ0) is 18.9. The second-order valence-corrected chi connectivity index (χ2v) is 7.04. The third-order valence-electron chi connectivity index (χ3n) is 4.61. The molecule has 1 saturated carbocycles. The van der Waals surface area contributed by atoms with Crippen LogP contribution in [0.2, 0.25) is 0 Å². The summed E-state index contributed by atoms with van der Waals surface area (Å²) in [5.41, 5.74) is 5.88. The minimum atomic E-state index is -0.286. The van der Waals surface area contributed by atoms with Gasteiger partial charge >= 0.3 is 0 Å². The molecular weight excluding hydrogens is 350 g/mol. The normalized spacial score (nSPS) is 19.3. The maximum absolute atomic E-state index is 12.3. The first-order valence-electron chi connectivity index (χ1n) is 9.22. The highest BCUT2D eigenvalue weighted by atomic mass is 32.1. The average molecular weight is 380 g/mol. The van der Waals surface area contributed by atoms with Crippen molar-refractivity contribution in [3.63, 3.8) is 0 Å². The summed E-state index contributed by atoms with van der Waals surface area (Å²) in [4.78, 5) is 12.3. The molecule has 1 fully saturated rings. The lowest BCUT2D eigenvalue weighted by molar-refractivity contribution is 0.0943. The number of ether oxygens (including phenoxy) is 2. The number of hydrogen-bond acceptors (Lipinski definition) is 4. The number of rotatable bonds is 6. The van der Waals surface area contributed by atoms with E-state index in [1.807, 2.05) is 6.92 Å². The second kappa shape index (κ2) is 10.2. The number of carbonyl (C=O) groups is 1. The molecule has 0 saturated heterocycles. The molecule has 3 N–H and O–H groups in total. The van der Waals surface area contributed by atoms with Crippen molar-refractivity contribution >= 4 is 23.2 Å². The van der Waals surface area contributed by atoms with Crippen molar-refractivity contribution in [2.45, 2.75) is 52.0 Å². The Bertz CT molecular complexity index is 624. The fraction of sp³-hybridized carbons (Fsp3) is 0.579. The standard InChI is InChI=1S/C19H29N3O3S/c1-4-11-25-16-10-9-14(12-17(16)24-3)18(23)21-22-19(26)20-15-8-6-5-7-13(15)2/h9-10,12-13,15H,4-8,11H2,1-3H3,(H,21,23)(H2,20,22,26)/t13-,15-/m0/s1. The smallest absolute Gasteiger partial charge is 0.269 e. The van der Waals surface area contributed by atoms with Gasteiger partial charge in [-0.3, -0.25) is 15.6 Å². The van der Waals surface area contributed by atoms with Gasteiger partial charge in [-0.1, -0.05) is 26.7 Å². The Labute approximate surface area is 161 Å². The van der Waals surface area contributed by atoms with Gasteiger partial charge in [0.1, 0.15) is 0 Å². The lowest BCUT2D eigenvalue weighted by Crippen LogP contribution is -2.51. The highest BCUT2D eigenvalue weighted by Crippen LogP contribution is 2.28. The molecule has 7 heteroatoms. The van der Waals surface area contributed by atoms with Crippen molar-refractivity contribution in [2.75, 3.05) is 13.7 Å². The molecule has 0 unspecified atom stereocenters. The number of amides is 1. The number of nitrogens with one attached hydrogen (secondary N) is 3. The first-order valence-corrected chi connectivity index (χ1v) is 9.63. The summed E-state index contributed by atoms with van der Waals surface area (Å²) >= 11 is 5.29. The van der Waals surface area contributed by atoms with Crippen LogP contribution in [0.4, 0.5) is 0 Å². The average Bonchev–Trinajstić information content (AvgIpc) is 2.66. The highest BCUT2D eigenvalue weighted by Gasteiger charge is 2.21. The third kappa shape index (κ3) is 5.76. The second-order valence-electron chi connectivity index (χ2n) is 6.63. The van der Waals surface area contributed by atoms with Gasteiger partial charge in [0.15, 0.2) is 16.6 Å². The highest BCUT2D eigenvalue weighted by molar-refractivity contribution is 7.80. The van der Waals surface area contributed by atoms with Crippen LogP contribution in [0, 0.1) is 5.92 Å². The molecule has 2 rings (SSSR count). The van der Waals surface area contributed by atoms with Gasteiger partial charge in [0.2, 0.25) is 0 Å². The molecule has 144 valence electrons. The molecule has 0 aromatic heterocycles. The van der Waals surface area contributed by atoms with Crippen LogP contribution in [-0.4, -0.2) is 30.8 Å². The molecule has 26 heavy (non-hydrogen) atoms. The van der Waals surface area contributed by atoms with Gasteiger partial charge in [0, 0.05) is 11.6 Å². The van der Waals surface area contributed by atoms with Gasteiger partial charge in [0.25, 0.3) is 5.91 Å². The Morgan fingerprint density at radius 2 is 2.00 bits per heavy atom. The summed E-state index contributed by atoms with van der Waals surface area (Å²) in [5.74, 6) is 1.45. The van der Waals surface area contributed by atoms with Crippen LogP contribution in [0.25, 0.3) is 0 Å². The quantitative estimate of drug-likeness (QED) is 0.521. The Morgan fingerprint density at radius 1 is 1.23 bits per heavy atom. The summed E-state index contributed by atoms with van der Waals surface area (Å²) in [7, 11) is 1.55. The number of carbonyl (C=O) groups excluding carboxylic acids is 1. The van der Waals surface area contributed by atoms with E-state index in [1.54, 1.807) is 25.3 Å². The SMILES string of the molecule is CCCOc1ccc(C(=O)NNC(=S)N[C@H]2CCCC[C@@H]2C)cc1OC. The molecule has 0 bridgehead atoms. The molecule has 6 nitrogen and oxygen atoms in total. The maximum Gasteiger partial charge on any atom is 0.269 e. The summed E-state index contributed by atoms with van der Waals surface area (Å²) in [6.07, 6.45) is 5.70. The Hall–Kier alpha value is -2.02. The van der Waals surface area contributed by atoms with Crippen LogP contribution in [0.1, 0.15) is 56.3 Å². The minimum absolute atomic E-state index is 0.286. The van der Waals surface area contributed by atoms with Crippen molar-refractivity contribution in [3.05, 3.63) is 23.8 Å². The zero-order valence-electron chi connectivity index (χ0n) is 15.8. The van der Waals surface area contributed by atoms with E-state index in [4.69, 9.17) is 21.7 Å². The van der Waals surface area contributed by atoms with E-state index < -0.39 is 0 Å². The van der Waals surface area contributed by atoms with Gasteiger partial charge in [-0.25, -0.2) is 0 Å². The van der Waals surface area contributed by atoms with Gasteiger partial charge in [-0.2, -0.15) is 0 Å². The van der Waals surface area contributed by atoms with Crippen LogP contribution in [0.5, 0.6) is 11.5 Å². The number of thiocarbonyl (C=S) groups is 1. The number of hydrazine groups is 1. The Balaban J connectivity index is 1.87. The van der Waals surface area contributed by atoms with E-state index in [9.17, 15) is 4.79 Å². The zero-order valence-corrected chi connectivity index (χ0v) is 16.6. The summed E-state index contributed by atoms with van der Waals surface area (Å²) in [6, 6.07) is 5.45. The summed E-state index contributed by atoms with van der Waals surface area (Å²) in [6.45, 7) is 4.86. The monoisotopic (exact) mass is 379 g/mol. The first-order chi connectivity index (χ1) is 12.5. The summed E-state index contributed by atoms with van der Waals surface area (Å²) < 4.78 is 10.9. The van der Waals surface area contributed by atoms with E-state index >= 15 is 0 Å². The molecular formula is C19H29N3O3S. The number of methoxy groups -OCH3 is 1. The Morgan fingerprint density at radius 3 is 2.69 bits per heavy atom. The third-order valence-corrected chi connectivity index (χ3v) is 4.82. The van der Waals surface area contributed by atoms with Gasteiger partial charge in [-0.15, -0.1) is 0 Å². The fourth-order valence-electron chi connectivity index (χ4n) is 3.06. The molecule has 1 aliphatic rings. The van der Waals surface area contributed by atoms with Crippen LogP contribution in [-0.2, 0) is 0 Å². The molecule has 0 spiro atoms. The number of benzene rings is 1. The lowest BCUT2D eigenvalue weighted by Gasteiger charge is -2.30. The first kappa shape index (κ1) is 20.3. The fourth-order valence-corrected chi connectivity index (χ4v) is 3.26. The predicted molar refractivity (Wildman–Crippen MR) is 107 cm³/mol. The van der Waals surface area contributed by atoms with Crippen molar-refractivity contribution in [1.82, 2.24) is 16.2 Å². The number of hydrogen-bond donors (Lipinski definition) is 3. The molecule has 0 heterocycles. The predicted octanol–water partition coefficient (Wildman–Crippen LogP) is 3.17. The molecule has 1 aromatic carbocycles.